The molecule has 15 heavy (non-hydrogen) atoms. The van der Waals surface area contributed by atoms with Gasteiger partial charge in [0.05, 0.1) is 0 Å². The topological polar surface area (TPSA) is 29.5 Å². The van der Waals surface area contributed by atoms with Crippen molar-refractivity contribution in [3.63, 3.8) is 0 Å². The molecule has 1 amide bonds. The second-order valence-corrected chi connectivity index (χ2v) is 3.84. The molecule has 80 valence electrons. The van der Waals surface area contributed by atoms with E-state index in [1.165, 1.54) is 5.56 Å². The van der Waals surface area contributed by atoms with Gasteiger partial charge in [-0.2, -0.15) is 0 Å². The number of benzene rings is 1. The van der Waals surface area contributed by atoms with Crippen molar-refractivity contribution < 1.29 is 9.53 Å². The van der Waals surface area contributed by atoms with Gasteiger partial charge in [0.25, 0.3) is 0 Å². The van der Waals surface area contributed by atoms with Crippen LogP contribution in [0.1, 0.15) is 11.5 Å². The van der Waals surface area contributed by atoms with Gasteiger partial charge < -0.3 is 9.64 Å². The van der Waals surface area contributed by atoms with E-state index in [1.807, 2.05) is 23.1 Å². The fourth-order valence-electron chi connectivity index (χ4n) is 1.83. The van der Waals surface area contributed by atoms with E-state index in [2.05, 4.69) is 12.1 Å². The number of likely N-dealkylation sites (tertiary alicyclic amines) is 1. The quantitative estimate of drug-likeness (QED) is 0.743. The van der Waals surface area contributed by atoms with Gasteiger partial charge in [0.1, 0.15) is 6.61 Å². The molecule has 0 unspecified atom stereocenters. The Hall–Kier alpha value is -1.35. The van der Waals surface area contributed by atoms with Crippen molar-refractivity contribution in [3.8, 4) is 0 Å². The lowest BCUT2D eigenvalue weighted by Crippen LogP contribution is -2.49. The lowest BCUT2D eigenvalue weighted by molar-refractivity contribution is -0.139. The number of hydrogen-bond acceptors (Lipinski definition) is 2. The van der Waals surface area contributed by atoms with Crippen LogP contribution >= 0.6 is 0 Å². The van der Waals surface area contributed by atoms with E-state index in [1.54, 1.807) is 7.11 Å². The van der Waals surface area contributed by atoms with Crippen molar-refractivity contribution in [1.29, 1.82) is 0 Å². The van der Waals surface area contributed by atoms with Crippen LogP contribution in [-0.4, -0.2) is 37.6 Å². The summed E-state index contributed by atoms with van der Waals surface area (Å²) in [4.78, 5) is 13.2. The summed E-state index contributed by atoms with van der Waals surface area (Å²) in [5.74, 6) is 0.594. The maximum atomic E-state index is 11.4. The molecule has 0 aliphatic carbocycles. The van der Waals surface area contributed by atoms with Crippen LogP contribution in [0.2, 0.25) is 0 Å². The predicted octanol–water partition coefficient (Wildman–Crippen LogP) is 1.26. The number of carbonyl (C=O) groups is 1. The van der Waals surface area contributed by atoms with E-state index >= 15 is 0 Å². The van der Waals surface area contributed by atoms with Gasteiger partial charge in [0.2, 0.25) is 5.91 Å². The van der Waals surface area contributed by atoms with Gasteiger partial charge in [-0.1, -0.05) is 30.3 Å². The van der Waals surface area contributed by atoms with Crippen molar-refractivity contribution in [1.82, 2.24) is 4.90 Å². The molecule has 0 saturated carbocycles. The Balaban J connectivity index is 1.86. The van der Waals surface area contributed by atoms with Gasteiger partial charge in [-0.25, -0.2) is 0 Å². The Morgan fingerprint density at radius 1 is 1.40 bits per heavy atom. The van der Waals surface area contributed by atoms with Gasteiger partial charge in [0, 0.05) is 26.1 Å². The largest absolute Gasteiger partial charge is 0.375 e. The maximum absolute atomic E-state index is 11.4. The van der Waals surface area contributed by atoms with Crippen molar-refractivity contribution in [3.05, 3.63) is 35.9 Å². The van der Waals surface area contributed by atoms with E-state index in [9.17, 15) is 4.79 Å². The highest BCUT2D eigenvalue weighted by atomic mass is 16.5. The Labute approximate surface area is 89.7 Å². The van der Waals surface area contributed by atoms with Crippen LogP contribution in [0.15, 0.2) is 30.3 Å². The van der Waals surface area contributed by atoms with Crippen LogP contribution < -0.4 is 0 Å². The summed E-state index contributed by atoms with van der Waals surface area (Å²) in [6.07, 6.45) is 0. The van der Waals surface area contributed by atoms with E-state index in [4.69, 9.17) is 4.74 Å². The summed E-state index contributed by atoms with van der Waals surface area (Å²) >= 11 is 0. The van der Waals surface area contributed by atoms with Crippen LogP contribution in [0.4, 0.5) is 0 Å². The Morgan fingerprint density at radius 3 is 2.67 bits per heavy atom. The van der Waals surface area contributed by atoms with Gasteiger partial charge in [-0.15, -0.1) is 0 Å². The van der Waals surface area contributed by atoms with Gasteiger partial charge in [-0.05, 0) is 5.56 Å². The first-order valence-corrected chi connectivity index (χ1v) is 5.13. The van der Waals surface area contributed by atoms with Crippen molar-refractivity contribution in [2.75, 3.05) is 26.8 Å². The lowest BCUT2D eigenvalue weighted by Gasteiger charge is -2.39. The van der Waals surface area contributed by atoms with Crippen molar-refractivity contribution in [2.45, 2.75) is 5.92 Å². The zero-order valence-corrected chi connectivity index (χ0v) is 8.85. The van der Waals surface area contributed by atoms with Crippen molar-refractivity contribution in [2.24, 2.45) is 0 Å². The van der Waals surface area contributed by atoms with Crippen LogP contribution in [0.25, 0.3) is 0 Å². The standard InChI is InChI=1S/C12H15NO2/c1-15-9-12(14)13-7-11(8-13)10-5-3-2-4-6-10/h2-6,11H,7-9H2,1H3. The first-order chi connectivity index (χ1) is 7.31. The molecule has 1 aliphatic heterocycles. The van der Waals surface area contributed by atoms with Crippen LogP contribution in [0.3, 0.4) is 0 Å². The van der Waals surface area contributed by atoms with Gasteiger partial charge in [-0.3, -0.25) is 4.79 Å². The molecule has 0 aromatic heterocycles. The first kappa shape index (κ1) is 10.2. The molecule has 1 aromatic carbocycles. The minimum atomic E-state index is 0.0877. The second kappa shape index (κ2) is 4.45. The van der Waals surface area contributed by atoms with Crippen LogP contribution in [0.5, 0.6) is 0 Å². The molecule has 1 aromatic rings. The first-order valence-electron chi connectivity index (χ1n) is 5.13. The lowest BCUT2D eigenvalue weighted by atomic mass is 9.91. The maximum Gasteiger partial charge on any atom is 0.248 e. The number of methoxy groups -OCH3 is 1. The molecule has 0 bridgehead atoms. The SMILES string of the molecule is COCC(=O)N1CC(c2ccccc2)C1. The molecule has 0 spiro atoms. The molecule has 3 nitrogen and oxygen atoms in total. The van der Waals surface area contributed by atoms with Crippen LogP contribution in [-0.2, 0) is 9.53 Å². The summed E-state index contributed by atoms with van der Waals surface area (Å²) in [7, 11) is 1.55. The van der Waals surface area contributed by atoms with E-state index in [0.29, 0.717) is 5.92 Å². The number of carbonyl (C=O) groups excluding carboxylic acids is 1. The Bertz CT molecular complexity index is 331. The zero-order chi connectivity index (χ0) is 10.7. The summed E-state index contributed by atoms with van der Waals surface area (Å²) in [5.41, 5.74) is 1.32. The average molecular weight is 205 g/mol. The third-order valence-electron chi connectivity index (χ3n) is 2.77. The third kappa shape index (κ3) is 2.18. The predicted molar refractivity (Wildman–Crippen MR) is 57.6 cm³/mol. The summed E-state index contributed by atoms with van der Waals surface area (Å²) in [5, 5.41) is 0. The van der Waals surface area contributed by atoms with E-state index in [0.717, 1.165) is 13.1 Å². The molecule has 1 aliphatic rings. The molecule has 0 radical (unpaired) electrons. The highest BCUT2D eigenvalue weighted by molar-refractivity contribution is 5.78. The molecule has 1 fully saturated rings. The van der Waals surface area contributed by atoms with Gasteiger partial charge >= 0.3 is 0 Å². The highest BCUT2D eigenvalue weighted by Gasteiger charge is 2.30. The zero-order valence-electron chi connectivity index (χ0n) is 8.85. The van der Waals surface area contributed by atoms with E-state index < -0.39 is 0 Å². The Kier molecular flexibility index (Phi) is 3.02. The monoisotopic (exact) mass is 205 g/mol. The normalized spacial score (nSPS) is 16.2. The number of ether oxygens (including phenoxy) is 1. The highest BCUT2D eigenvalue weighted by Crippen LogP contribution is 2.26. The number of hydrogen-bond donors (Lipinski definition) is 0. The second-order valence-electron chi connectivity index (χ2n) is 3.84. The minimum absolute atomic E-state index is 0.0877. The summed E-state index contributed by atoms with van der Waals surface area (Å²) in [6.45, 7) is 1.85. The average Bonchev–Trinajstić information content (AvgIpc) is 2.17. The minimum Gasteiger partial charge on any atom is -0.375 e. The fraction of sp³-hybridized carbons (Fsp3) is 0.417. The third-order valence-corrected chi connectivity index (χ3v) is 2.77. The van der Waals surface area contributed by atoms with Gasteiger partial charge in [0.15, 0.2) is 0 Å². The smallest absolute Gasteiger partial charge is 0.248 e. The molecular weight excluding hydrogens is 190 g/mol. The Morgan fingerprint density at radius 2 is 2.07 bits per heavy atom. The van der Waals surface area contributed by atoms with E-state index in [-0.39, 0.29) is 12.5 Å². The molecular formula is C12H15NO2. The summed E-state index contributed by atoms with van der Waals surface area (Å²) in [6, 6.07) is 10.3. The number of rotatable bonds is 3. The molecule has 1 saturated heterocycles. The molecule has 0 N–H and O–H groups in total. The fourth-order valence-corrected chi connectivity index (χ4v) is 1.83. The van der Waals surface area contributed by atoms with Crippen molar-refractivity contribution >= 4 is 5.91 Å². The molecule has 3 heteroatoms. The van der Waals surface area contributed by atoms with Crippen LogP contribution in [0, 0.1) is 0 Å². The molecule has 2 rings (SSSR count). The number of nitrogens with zero attached hydrogens (tertiary/aromatic N) is 1. The molecule has 0 atom stereocenters. The summed E-state index contributed by atoms with van der Waals surface area (Å²) < 4.78 is 4.81. The number of amides is 1. The molecule has 1 heterocycles.